The van der Waals surface area contributed by atoms with Crippen molar-refractivity contribution in [1.29, 1.82) is 0 Å². The van der Waals surface area contributed by atoms with Crippen molar-refractivity contribution in [3.63, 3.8) is 0 Å². The van der Waals surface area contributed by atoms with Gasteiger partial charge in [0.1, 0.15) is 22.7 Å². The van der Waals surface area contributed by atoms with Gasteiger partial charge in [-0.05, 0) is 54.6 Å². The first kappa shape index (κ1) is 26.0. The van der Waals surface area contributed by atoms with Crippen molar-refractivity contribution >= 4 is 60.9 Å². The molecule has 0 amide bonds. The highest BCUT2D eigenvalue weighted by molar-refractivity contribution is 6.15. The van der Waals surface area contributed by atoms with E-state index in [1.807, 2.05) is 72.9 Å². The minimum Gasteiger partial charge on any atom is -0.456 e. The van der Waals surface area contributed by atoms with Gasteiger partial charge in [-0.15, -0.1) is 0 Å². The van der Waals surface area contributed by atoms with Crippen molar-refractivity contribution in [2.24, 2.45) is 0 Å². The molecule has 0 atom stereocenters. The first-order valence-corrected chi connectivity index (χ1v) is 15.2. The fourth-order valence-electron chi connectivity index (χ4n) is 6.41. The van der Waals surface area contributed by atoms with E-state index < -0.39 is 0 Å². The Kier molecular flexibility index (Phi) is 6.03. The molecule has 0 saturated carbocycles. The molecular formula is C40H26N4O2. The summed E-state index contributed by atoms with van der Waals surface area (Å²) >= 11 is 0. The van der Waals surface area contributed by atoms with Gasteiger partial charge < -0.3 is 13.7 Å². The van der Waals surface area contributed by atoms with Crippen molar-refractivity contribution < 1.29 is 9.15 Å². The van der Waals surface area contributed by atoms with Gasteiger partial charge in [-0.1, -0.05) is 72.8 Å². The van der Waals surface area contributed by atoms with Gasteiger partial charge in [-0.25, -0.2) is 9.97 Å². The van der Waals surface area contributed by atoms with Crippen molar-refractivity contribution in [3.8, 4) is 17.3 Å². The second-order valence-electron chi connectivity index (χ2n) is 11.1. The summed E-state index contributed by atoms with van der Waals surface area (Å²) in [4.78, 5) is 11.3. The predicted octanol–water partition coefficient (Wildman–Crippen LogP) is 10.7. The third-order valence-electron chi connectivity index (χ3n) is 8.34. The standard InChI is InChI=1S/C40H26N4O2/c1-2-12-27(13-3-1)43(38-18-8-10-22-41-38)28-20-21-31-30-14-4-6-16-33(30)44(34(31)24-28)35-25-29(45-39-19-9-11-23-42-39)26-37-40(35)32-15-5-7-17-36(32)46-37/h1-26H. The molecule has 46 heavy (non-hydrogen) atoms. The van der Waals surface area contributed by atoms with Gasteiger partial charge in [-0.2, -0.15) is 0 Å². The predicted molar refractivity (Wildman–Crippen MR) is 185 cm³/mol. The largest absolute Gasteiger partial charge is 0.456 e. The van der Waals surface area contributed by atoms with Crippen LogP contribution in [0.1, 0.15) is 0 Å². The number of anilines is 3. The molecule has 0 bridgehead atoms. The van der Waals surface area contributed by atoms with Gasteiger partial charge in [0.15, 0.2) is 0 Å². The summed E-state index contributed by atoms with van der Waals surface area (Å²) < 4.78 is 15.1. The monoisotopic (exact) mass is 594 g/mol. The molecule has 5 aromatic carbocycles. The number of hydrogen-bond acceptors (Lipinski definition) is 5. The summed E-state index contributed by atoms with van der Waals surface area (Å²) in [6.07, 6.45) is 3.55. The van der Waals surface area contributed by atoms with E-state index in [4.69, 9.17) is 14.1 Å². The second kappa shape index (κ2) is 10.6. The molecule has 0 aliphatic carbocycles. The van der Waals surface area contributed by atoms with Crippen molar-refractivity contribution in [2.45, 2.75) is 0 Å². The Labute approximate surface area is 264 Å². The normalized spacial score (nSPS) is 11.5. The minimum absolute atomic E-state index is 0.516. The average Bonchev–Trinajstić information content (AvgIpc) is 3.65. The Balaban J connectivity index is 1.35. The third kappa shape index (κ3) is 4.27. The molecule has 0 N–H and O–H groups in total. The Hall–Kier alpha value is -6.40. The molecule has 9 rings (SSSR count). The quantitative estimate of drug-likeness (QED) is 0.192. The molecule has 0 spiro atoms. The molecule has 0 aliphatic rings. The molecule has 218 valence electrons. The number of aromatic nitrogens is 3. The topological polar surface area (TPSA) is 56.3 Å². The number of pyridine rings is 2. The van der Waals surface area contributed by atoms with Crippen molar-refractivity contribution in [2.75, 3.05) is 4.90 Å². The molecule has 0 radical (unpaired) electrons. The zero-order valence-corrected chi connectivity index (χ0v) is 24.6. The van der Waals surface area contributed by atoms with E-state index in [9.17, 15) is 0 Å². The zero-order valence-electron chi connectivity index (χ0n) is 24.6. The number of para-hydroxylation sites is 3. The molecule has 4 heterocycles. The van der Waals surface area contributed by atoms with Gasteiger partial charge in [0.25, 0.3) is 0 Å². The van der Waals surface area contributed by atoms with Crippen LogP contribution in [0.5, 0.6) is 11.6 Å². The van der Waals surface area contributed by atoms with Gasteiger partial charge >= 0.3 is 0 Å². The fraction of sp³-hybridized carbons (Fsp3) is 0. The Morgan fingerprint density at radius 1 is 0.543 bits per heavy atom. The maximum absolute atomic E-state index is 6.44. The zero-order chi connectivity index (χ0) is 30.5. The van der Waals surface area contributed by atoms with Crippen LogP contribution >= 0.6 is 0 Å². The molecule has 6 heteroatoms. The number of hydrogen-bond donors (Lipinski definition) is 0. The minimum atomic E-state index is 0.516. The van der Waals surface area contributed by atoms with Gasteiger partial charge in [0.05, 0.1) is 22.1 Å². The van der Waals surface area contributed by atoms with Crippen LogP contribution in [-0.2, 0) is 0 Å². The van der Waals surface area contributed by atoms with E-state index >= 15 is 0 Å². The highest BCUT2D eigenvalue weighted by Crippen LogP contribution is 2.43. The summed E-state index contributed by atoms with van der Waals surface area (Å²) in [7, 11) is 0. The lowest BCUT2D eigenvalue weighted by atomic mass is 10.1. The number of furan rings is 1. The van der Waals surface area contributed by atoms with Crippen LogP contribution in [0.4, 0.5) is 17.2 Å². The number of ether oxygens (including phenoxy) is 1. The van der Waals surface area contributed by atoms with Gasteiger partial charge in [0, 0.05) is 58.1 Å². The summed E-state index contributed by atoms with van der Waals surface area (Å²) in [6.45, 7) is 0. The number of benzene rings is 5. The second-order valence-corrected chi connectivity index (χ2v) is 11.1. The van der Waals surface area contributed by atoms with E-state index in [-0.39, 0.29) is 0 Å². The maximum atomic E-state index is 6.44. The highest BCUT2D eigenvalue weighted by Gasteiger charge is 2.21. The molecule has 0 aliphatic heterocycles. The smallest absolute Gasteiger partial charge is 0.219 e. The Bertz CT molecular complexity index is 2470. The van der Waals surface area contributed by atoms with E-state index in [1.165, 1.54) is 0 Å². The first-order valence-electron chi connectivity index (χ1n) is 15.2. The van der Waals surface area contributed by atoms with Gasteiger partial charge in [-0.3, -0.25) is 4.90 Å². The molecule has 9 aromatic rings. The highest BCUT2D eigenvalue weighted by atomic mass is 16.5. The summed E-state index contributed by atoms with van der Waals surface area (Å²) in [5.41, 5.74) is 6.68. The number of fused-ring (bicyclic) bond motifs is 6. The molecule has 0 fully saturated rings. The molecule has 0 unspecified atom stereocenters. The summed E-state index contributed by atoms with van der Waals surface area (Å²) in [6, 6.07) is 49.3. The summed E-state index contributed by atoms with van der Waals surface area (Å²) in [5, 5.41) is 4.36. The third-order valence-corrected chi connectivity index (χ3v) is 8.34. The van der Waals surface area contributed by atoms with E-state index in [0.29, 0.717) is 11.6 Å². The summed E-state index contributed by atoms with van der Waals surface area (Å²) in [5.74, 6) is 1.99. The van der Waals surface area contributed by atoms with Crippen LogP contribution in [0, 0.1) is 0 Å². The van der Waals surface area contributed by atoms with Crippen LogP contribution in [-0.4, -0.2) is 14.5 Å². The van der Waals surface area contributed by atoms with Crippen LogP contribution in [0.3, 0.4) is 0 Å². The fourth-order valence-corrected chi connectivity index (χ4v) is 6.41. The number of nitrogens with zero attached hydrogens (tertiary/aromatic N) is 4. The Morgan fingerprint density at radius 3 is 2.11 bits per heavy atom. The lowest BCUT2D eigenvalue weighted by Gasteiger charge is -2.24. The SMILES string of the molecule is c1ccc(N(c2ccc3c4ccccc4n(-c4cc(Oc5ccccn5)cc5oc6ccccc6c45)c3c2)c2ccccn2)cc1. The van der Waals surface area contributed by atoms with E-state index in [1.54, 1.807) is 6.20 Å². The maximum Gasteiger partial charge on any atom is 0.219 e. The van der Waals surface area contributed by atoms with Crippen LogP contribution < -0.4 is 9.64 Å². The van der Waals surface area contributed by atoms with Gasteiger partial charge in [0.2, 0.25) is 5.88 Å². The molecular weight excluding hydrogens is 568 g/mol. The van der Waals surface area contributed by atoms with Crippen LogP contribution in [0.15, 0.2) is 162 Å². The average molecular weight is 595 g/mol. The Morgan fingerprint density at radius 2 is 1.28 bits per heavy atom. The van der Waals surface area contributed by atoms with Crippen LogP contribution in [0.2, 0.25) is 0 Å². The van der Waals surface area contributed by atoms with E-state index in [2.05, 4.69) is 93.3 Å². The lowest BCUT2D eigenvalue weighted by molar-refractivity contribution is 0.462. The molecule has 4 aromatic heterocycles. The van der Waals surface area contributed by atoms with Crippen LogP contribution in [0.25, 0.3) is 49.4 Å². The molecule has 0 saturated heterocycles. The van der Waals surface area contributed by atoms with Crippen molar-refractivity contribution in [3.05, 3.63) is 158 Å². The first-order chi connectivity index (χ1) is 22.8. The van der Waals surface area contributed by atoms with E-state index in [0.717, 1.165) is 66.6 Å². The van der Waals surface area contributed by atoms with Crippen molar-refractivity contribution in [1.82, 2.24) is 14.5 Å². The molecule has 6 nitrogen and oxygen atoms in total. The lowest BCUT2D eigenvalue weighted by Crippen LogP contribution is -2.11. The number of rotatable bonds is 6.